The third-order valence-electron chi connectivity index (χ3n) is 4.90. The number of ketones is 1. The molecule has 1 aromatic heterocycles. The van der Waals surface area contributed by atoms with Gasteiger partial charge in [0.2, 0.25) is 11.8 Å². The number of aromatic nitrogens is 1. The highest BCUT2D eigenvalue weighted by Crippen LogP contribution is 2.27. The normalized spacial score (nSPS) is 16.4. The highest BCUT2D eigenvalue weighted by molar-refractivity contribution is 6.02. The first-order chi connectivity index (χ1) is 13.0. The molecule has 6 heteroatoms. The quantitative estimate of drug-likeness (QED) is 0.737. The number of rotatable bonds is 6. The Morgan fingerprint density at radius 3 is 2.67 bits per heavy atom. The molecule has 0 bridgehead atoms. The van der Waals surface area contributed by atoms with Crippen molar-refractivity contribution in [3.05, 3.63) is 59.9 Å². The van der Waals surface area contributed by atoms with Crippen molar-refractivity contribution >= 4 is 23.3 Å². The van der Waals surface area contributed by atoms with Crippen LogP contribution in [0, 0.1) is 5.92 Å². The van der Waals surface area contributed by atoms with Crippen LogP contribution in [0.3, 0.4) is 0 Å². The van der Waals surface area contributed by atoms with E-state index in [-0.39, 0.29) is 29.9 Å². The topological polar surface area (TPSA) is 70.6 Å². The number of Topliss-reactive ketones (excluding diaryl/α,β-unsaturated/α-hetero) is 1. The molecule has 2 aromatic rings. The van der Waals surface area contributed by atoms with Crippen LogP contribution in [0.25, 0.3) is 0 Å². The van der Waals surface area contributed by atoms with Crippen LogP contribution in [0.15, 0.2) is 48.8 Å². The summed E-state index contributed by atoms with van der Waals surface area (Å²) in [5, 5.41) is 0. The van der Waals surface area contributed by atoms with Crippen LogP contribution in [0.4, 0.5) is 5.69 Å². The lowest BCUT2D eigenvalue weighted by Crippen LogP contribution is -2.36. The summed E-state index contributed by atoms with van der Waals surface area (Å²) in [5.74, 6) is -0.521. The third-order valence-corrected chi connectivity index (χ3v) is 4.90. The molecule has 1 unspecified atom stereocenters. The van der Waals surface area contributed by atoms with Crippen LogP contribution in [0.1, 0.15) is 29.3 Å². The van der Waals surface area contributed by atoms with Crippen molar-refractivity contribution < 1.29 is 14.4 Å². The Balaban J connectivity index is 1.63. The second-order valence-electron chi connectivity index (χ2n) is 6.88. The van der Waals surface area contributed by atoms with Gasteiger partial charge in [-0.05, 0) is 43.2 Å². The zero-order chi connectivity index (χ0) is 19.4. The minimum atomic E-state index is -0.360. The summed E-state index contributed by atoms with van der Waals surface area (Å²) in [5.41, 5.74) is 2.35. The maximum atomic E-state index is 12.7. The summed E-state index contributed by atoms with van der Waals surface area (Å²) in [6.07, 6.45) is 4.41. The number of carbonyl (C=O) groups excluding carboxylic acids is 3. The molecule has 27 heavy (non-hydrogen) atoms. The van der Waals surface area contributed by atoms with E-state index in [1.54, 1.807) is 53.5 Å². The molecule has 6 nitrogen and oxygen atoms in total. The summed E-state index contributed by atoms with van der Waals surface area (Å²) in [7, 11) is 1.77. The van der Waals surface area contributed by atoms with Crippen molar-refractivity contribution in [1.82, 2.24) is 9.88 Å². The molecule has 2 heterocycles. The predicted molar refractivity (Wildman–Crippen MR) is 102 cm³/mol. The van der Waals surface area contributed by atoms with E-state index in [0.29, 0.717) is 24.3 Å². The van der Waals surface area contributed by atoms with Crippen molar-refractivity contribution in [1.29, 1.82) is 0 Å². The van der Waals surface area contributed by atoms with Crippen molar-refractivity contribution in [2.45, 2.75) is 19.8 Å². The van der Waals surface area contributed by atoms with Crippen LogP contribution in [-0.2, 0) is 16.0 Å². The number of hydrogen-bond donors (Lipinski definition) is 0. The average molecular weight is 365 g/mol. The summed E-state index contributed by atoms with van der Waals surface area (Å²) in [6.45, 7) is 2.43. The van der Waals surface area contributed by atoms with Crippen LogP contribution in [0.5, 0.6) is 0 Å². The highest BCUT2D eigenvalue weighted by Gasteiger charge is 2.36. The van der Waals surface area contributed by atoms with Crippen LogP contribution < -0.4 is 4.90 Å². The minimum absolute atomic E-state index is 0.0253. The van der Waals surface area contributed by atoms with E-state index in [0.717, 1.165) is 12.0 Å². The fourth-order valence-electron chi connectivity index (χ4n) is 3.28. The molecule has 1 aliphatic rings. The number of pyridine rings is 1. The fourth-order valence-corrected chi connectivity index (χ4v) is 3.28. The van der Waals surface area contributed by atoms with Gasteiger partial charge in [-0.15, -0.1) is 0 Å². The monoisotopic (exact) mass is 365 g/mol. The zero-order valence-electron chi connectivity index (χ0n) is 15.6. The number of likely N-dealkylation sites (N-methyl/N-ethyl adjacent to an activating group) is 1. The second-order valence-corrected chi connectivity index (χ2v) is 6.88. The molecule has 0 spiro atoms. The number of carbonyl (C=O) groups is 3. The van der Waals surface area contributed by atoms with Crippen molar-refractivity contribution in [2.75, 3.05) is 25.0 Å². The van der Waals surface area contributed by atoms with Crippen LogP contribution in [0.2, 0.25) is 0 Å². The Labute approximate surface area is 158 Å². The molecule has 2 amide bonds. The van der Waals surface area contributed by atoms with E-state index >= 15 is 0 Å². The number of nitrogens with zero attached hydrogens (tertiary/aromatic N) is 3. The standard InChI is InChI=1S/C21H23N3O3/c1-15(25)17-4-3-5-19(12-17)24-14-18(13-20(24)26)21(27)23(2)11-8-16-6-9-22-10-7-16/h3-7,9-10,12,18H,8,11,13-14H2,1-2H3. The average Bonchev–Trinajstić information content (AvgIpc) is 3.08. The highest BCUT2D eigenvalue weighted by atomic mass is 16.2. The molecule has 0 saturated carbocycles. The lowest BCUT2D eigenvalue weighted by atomic mass is 10.1. The smallest absolute Gasteiger partial charge is 0.227 e. The summed E-state index contributed by atoms with van der Waals surface area (Å²) < 4.78 is 0. The zero-order valence-corrected chi connectivity index (χ0v) is 15.6. The van der Waals surface area contributed by atoms with E-state index < -0.39 is 0 Å². The number of amides is 2. The van der Waals surface area contributed by atoms with Gasteiger partial charge < -0.3 is 9.80 Å². The molecule has 1 atom stereocenters. The van der Waals surface area contributed by atoms with Gasteiger partial charge in [0.25, 0.3) is 0 Å². The number of anilines is 1. The van der Waals surface area contributed by atoms with Crippen LogP contribution >= 0.6 is 0 Å². The first-order valence-electron chi connectivity index (χ1n) is 9.01. The molecular weight excluding hydrogens is 342 g/mol. The Hall–Kier alpha value is -3.02. The van der Waals surface area contributed by atoms with Gasteiger partial charge in [0, 0.05) is 50.2 Å². The lowest BCUT2D eigenvalue weighted by Gasteiger charge is -2.21. The second kappa shape index (κ2) is 8.12. The molecule has 0 N–H and O–H groups in total. The van der Waals surface area contributed by atoms with Gasteiger partial charge in [-0.25, -0.2) is 0 Å². The first kappa shape index (κ1) is 18.8. The van der Waals surface area contributed by atoms with Crippen LogP contribution in [-0.4, -0.2) is 47.6 Å². The molecular formula is C21H23N3O3. The van der Waals surface area contributed by atoms with E-state index in [1.807, 2.05) is 12.1 Å². The molecule has 1 aromatic carbocycles. The third kappa shape index (κ3) is 4.39. The Kier molecular flexibility index (Phi) is 5.64. The van der Waals surface area contributed by atoms with Gasteiger partial charge in [0.15, 0.2) is 5.78 Å². The van der Waals surface area contributed by atoms with Crippen molar-refractivity contribution in [3.8, 4) is 0 Å². The maximum Gasteiger partial charge on any atom is 0.227 e. The first-order valence-corrected chi connectivity index (χ1v) is 9.01. The van der Waals surface area contributed by atoms with E-state index in [9.17, 15) is 14.4 Å². The Morgan fingerprint density at radius 1 is 1.22 bits per heavy atom. The summed E-state index contributed by atoms with van der Waals surface area (Å²) in [4.78, 5) is 44.0. The van der Waals surface area contributed by atoms with Gasteiger partial charge in [0.05, 0.1) is 5.92 Å². The van der Waals surface area contributed by atoms with E-state index in [4.69, 9.17) is 0 Å². The van der Waals surface area contributed by atoms with Gasteiger partial charge >= 0.3 is 0 Å². The van der Waals surface area contributed by atoms with Crippen molar-refractivity contribution in [2.24, 2.45) is 5.92 Å². The Morgan fingerprint density at radius 2 is 1.96 bits per heavy atom. The van der Waals surface area contributed by atoms with Gasteiger partial charge in [-0.1, -0.05) is 12.1 Å². The predicted octanol–water partition coefficient (Wildman–Crippen LogP) is 2.34. The molecule has 1 fully saturated rings. The summed E-state index contributed by atoms with van der Waals surface area (Å²) in [6, 6.07) is 10.9. The number of hydrogen-bond acceptors (Lipinski definition) is 4. The molecule has 0 aliphatic carbocycles. The van der Waals surface area contributed by atoms with Crippen molar-refractivity contribution in [3.63, 3.8) is 0 Å². The van der Waals surface area contributed by atoms with Gasteiger partial charge in [-0.3, -0.25) is 19.4 Å². The van der Waals surface area contributed by atoms with E-state index in [2.05, 4.69) is 4.98 Å². The fraction of sp³-hybridized carbons (Fsp3) is 0.333. The van der Waals surface area contributed by atoms with Gasteiger partial charge in [-0.2, -0.15) is 0 Å². The molecule has 140 valence electrons. The minimum Gasteiger partial charge on any atom is -0.345 e. The van der Waals surface area contributed by atoms with Gasteiger partial charge in [0.1, 0.15) is 0 Å². The Bertz CT molecular complexity index is 851. The van der Waals surface area contributed by atoms with E-state index in [1.165, 1.54) is 6.92 Å². The maximum absolute atomic E-state index is 12.7. The SMILES string of the molecule is CC(=O)c1cccc(N2CC(C(=O)N(C)CCc3ccncc3)CC2=O)c1. The largest absolute Gasteiger partial charge is 0.345 e. The molecule has 0 radical (unpaired) electrons. The molecule has 1 saturated heterocycles. The lowest BCUT2D eigenvalue weighted by molar-refractivity contribution is -0.134. The molecule has 3 rings (SSSR count). The molecule has 1 aliphatic heterocycles. The summed E-state index contributed by atoms with van der Waals surface area (Å²) >= 11 is 0. The number of benzene rings is 1.